The van der Waals surface area contributed by atoms with Crippen LogP contribution in [0.1, 0.15) is 12.1 Å². The van der Waals surface area contributed by atoms with E-state index in [1.807, 2.05) is 29.9 Å². The summed E-state index contributed by atoms with van der Waals surface area (Å²) in [4.78, 5) is 2.26. The number of aromatic nitrogens is 2. The highest BCUT2D eigenvalue weighted by Gasteiger charge is 2.10. The molecule has 0 N–H and O–H groups in total. The van der Waals surface area contributed by atoms with E-state index in [-0.39, 0.29) is 5.82 Å². The normalized spacial score (nSPS) is 11.3. The molecule has 0 bridgehead atoms. The molecule has 1 aromatic heterocycles. The summed E-state index contributed by atoms with van der Waals surface area (Å²) in [6.45, 7) is 2.37. The number of hydrogen-bond donors (Lipinski definition) is 0. The molecular weight excluding hydrogens is 305 g/mol. The number of ether oxygens (including phenoxy) is 1. The zero-order valence-electron chi connectivity index (χ0n) is 14.1. The molecule has 0 spiro atoms. The molecule has 0 saturated heterocycles. The van der Waals surface area contributed by atoms with E-state index in [0.29, 0.717) is 12.4 Å². The molecule has 3 aromatic rings. The third-order valence-electron chi connectivity index (χ3n) is 4.05. The summed E-state index contributed by atoms with van der Waals surface area (Å²) >= 11 is 0. The number of aryl methyl sites for hydroxylation is 1. The molecule has 2 aromatic carbocycles. The van der Waals surface area contributed by atoms with E-state index in [0.717, 1.165) is 25.0 Å². The van der Waals surface area contributed by atoms with Gasteiger partial charge in [-0.25, -0.2) is 4.39 Å². The van der Waals surface area contributed by atoms with Crippen molar-refractivity contribution in [2.75, 3.05) is 20.2 Å². The Hall–Kier alpha value is -2.40. The molecule has 3 rings (SSSR count). The van der Waals surface area contributed by atoms with E-state index in [2.05, 4.69) is 23.1 Å². The Morgan fingerprint density at radius 1 is 1.12 bits per heavy atom. The van der Waals surface area contributed by atoms with Crippen molar-refractivity contribution in [1.82, 2.24) is 14.7 Å². The van der Waals surface area contributed by atoms with Crippen LogP contribution in [0.15, 0.2) is 48.5 Å². The van der Waals surface area contributed by atoms with Crippen LogP contribution < -0.4 is 4.74 Å². The molecular formula is C19H22FN3O. The maximum Gasteiger partial charge on any atom is 0.123 e. The highest BCUT2D eigenvalue weighted by molar-refractivity contribution is 5.81. The van der Waals surface area contributed by atoms with E-state index in [1.165, 1.54) is 23.2 Å². The molecule has 0 fully saturated rings. The second-order valence-electron chi connectivity index (χ2n) is 5.98. The van der Waals surface area contributed by atoms with Crippen molar-refractivity contribution < 1.29 is 9.13 Å². The van der Waals surface area contributed by atoms with Gasteiger partial charge >= 0.3 is 0 Å². The van der Waals surface area contributed by atoms with Crippen LogP contribution in [-0.2, 0) is 13.6 Å². The average Bonchev–Trinajstić information content (AvgIpc) is 2.89. The summed E-state index contributed by atoms with van der Waals surface area (Å²) in [6, 6.07) is 14.3. The first kappa shape index (κ1) is 16.5. The topological polar surface area (TPSA) is 30.3 Å². The SMILES string of the molecule is CN(CCCOc1ccc(F)cc1)Cc1c2ccccc2nn1C. The fraction of sp³-hybridized carbons (Fsp3) is 0.316. The number of halogens is 1. The molecule has 0 saturated carbocycles. The fourth-order valence-electron chi connectivity index (χ4n) is 2.78. The van der Waals surface area contributed by atoms with Gasteiger partial charge in [0.05, 0.1) is 17.8 Å². The van der Waals surface area contributed by atoms with Crippen LogP contribution in [0.3, 0.4) is 0 Å². The Morgan fingerprint density at radius 2 is 1.88 bits per heavy atom. The maximum absolute atomic E-state index is 12.8. The predicted molar refractivity (Wildman–Crippen MR) is 93.6 cm³/mol. The Labute approximate surface area is 141 Å². The lowest BCUT2D eigenvalue weighted by Crippen LogP contribution is -2.22. The maximum atomic E-state index is 12.8. The van der Waals surface area contributed by atoms with Crippen LogP contribution in [0.4, 0.5) is 4.39 Å². The van der Waals surface area contributed by atoms with Gasteiger partial charge in [0.2, 0.25) is 0 Å². The van der Waals surface area contributed by atoms with Crippen LogP contribution in [0.25, 0.3) is 10.9 Å². The number of benzene rings is 2. The van der Waals surface area contributed by atoms with Gasteiger partial charge in [0.25, 0.3) is 0 Å². The summed E-state index contributed by atoms with van der Waals surface area (Å²) in [5.74, 6) is 0.460. The molecule has 126 valence electrons. The lowest BCUT2D eigenvalue weighted by molar-refractivity contribution is 0.256. The van der Waals surface area contributed by atoms with Crippen LogP contribution in [0, 0.1) is 5.82 Å². The van der Waals surface area contributed by atoms with E-state index >= 15 is 0 Å². The molecule has 4 nitrogen and oxygen atoms in total. The van der Waals surface area contributed by atoms with E-state index in [1.54, 1.807) is 12.1 Å². The number of rotatable bonds is 7. The molecule has 0 aliphatic carbocycles. The van der Waals surface area contributed by atoms with Gasteiger partial charge in [-0.1, -0.05) is 18.2 Å². The zero-order valence-corrected chi connectivity index (χ0v) is 14.1. The van der Waals surface area contributed by atoms with Gasteiger partial charge in [-0.05, 0) is 43.8 Å². The van der Waals surface area contributed by atoms with E-state index < -0.39 is 0 Å². The Balaban J connectivity index is 1.49. The largest absolute Gasteiger partial charge is 0.494 e. The molecule has 0 atom stereocenters. The quantitative estimate of drug-likeness (QED) is 0.621. The number of fused-ring (bicyclic) bond motifs is 1. The fourth-order valence-corrected chi connectivity index (χ4v) is 2.78. The summed E-state index contributed by atoms with van der Waals surface area (Å²) in [5.41, 5.74) is 2.25. The van der Waals surface area contributed by atoms with Crippen LogP contribution in [0.2, 0.25) is 0 Å². The van der Waals surface area contributed by atoms with Gasteiger partial charge in [0.1, 0.15) is 11.6 Å². The van der Waals surface area contributed by atoms with Crippen molar-refractivity contribution in [1.29, 1.82) is 0 Å². The molecule has 0 aliphatic heterocycles. The smallest absolute Gasteiger partial charge is 0.123 e. The molecule has 0 amide bonds. The van der Waals surface area contributed by atoms with Gasteiger partial charge in [0.15, 0.2) is 0 Å². The molecule has 5 heteroatoms. The number of nitrogens with zero attached hydrogens (tertiary/aromatic N) is 3. The summed E-state index contributed by atoms with van der Waals surface area (Å²) in [5, 5.41) is 5.75. The van der Waals surface area contributed by atoms with Crippen molar-refractivity contribution in [3.8, 4) is 5.75 Å². The third-order valence-corrected chi connectivity index (χ3v) is 4.05. The van der Waals surface area contributed by atoms with E-state index in [4.69, 9.17) is 4.74 Å². The Bertz CT molecular complexity index is 798. The first-order valence-corrected chi connectivity index (χ1v) is 8.11. The van der Waals surface area contributed by atoms with Gasteiger partial charge in [-0.2, -0.15) is 5.10 Å². The molecule has 0 unspecified atom stereocenters. The van der Waals surface area contributed by atoms with Crippen molar-refractivity contribution >= 4 is 10.9 Å². The summed E-state index contributed by atoms with van der Waals surface area (Å²) < 4.78 is 20.4. The Kier molecular flexibility index (Phi) is 5.11. The monoisotopic (exact) mass is 327 g/mol. The first-order valence-electron chi connectivity index (χ1n) is 8.11. The standard InChI is InChI=1S/C19H22FN3O/c1-22(12-5-13-24-16-10-8-15(20)9-11-16)14-19-17-6-3-4-7-18(17)21-23(19)2/h3-4,6-11H,5,12-14H2,1-2H3. The van der Waals surface area contributed by atoms with Gasteiger partial charge < -0.3 is 9.64 Å². The summed E-state index contributed by atoms with van der Waals surface area (Å²) in [6.07, 6.45) is 0.906. The minimum Gasteiger partial charge on any atom is -0.494 e. The average molecular weight is 327 g/mol. The van der Waals surface area contributed by atoms with Crippen LogP contribution in [0.5, 0.6) is 5.75 Å². The Morgan fingerprint density at radius 3 is 2.67 bits per heavy atom. The van der Waals surface area contributed by atoms with E-state index in [9.17, 15) is 4.39 Å². The molecule has 0 aliphatic rings. The third kappa shape index (κ3) is 3.92. The minimum atomic E-state index is -0.245. The van der Waals surface area contributed by atoms with Gasteiger partial charge in [-0.15, -0.1) is 0 Å². The zero-order chi connectivity index (χ0) is 16.9. The second kappa shape index (κ2) is 7.45. The van der Waals surface area contributed by atoms with Gasteiger partial charge in [-0.3, -0.25) is 4.68 Å². The molecule has 0 radical (unpaired) electrons. The second-order valence-corrected chi connectivity index (χ2v) is 5.98. The van der Waals surface area contributed by atoms with Crippen LogP contribution >= 0.6 is 0 Å². The van der Waals surface area contributed by atoms with Crippen LogP contribution in [-0.4, -0.2) is 34.9 Å². The van der Waals surface area contributed by atoms with Gasteiger partial charge in [0, 0.05) is 25.5 Å². The molecule has 24 heavy (non-hydrogen) atoms. The highest BCUT2D eigenvalue weighted by Crippen LogP contribution is 2.18. The van der Waals surface area contributed by atoms with Crippen molar-refractivity contribution in [3.05, 3.63) is 60.0 Å². The van der Waals surface area contributed by atoms with Crippen molar-refractivity contribution in [2.45, 2.75) is 13.0 Å². The summed E-state index contributed by atoms with van der Waals surface area (Å²) in [7, 11) is 4.08. The minimum absolute atomic E-state index is 0.245. The van der Waals surface area contributed by atoms with Crippen molar-refractivity contribution in [3.63, 3.8) is 0 Å². The molecule has 1 heterocycles. The lowest BCUT2D eigenvalue weighted by Gasteiger charge is -2.17. The lowest BCUT2D eigenvalue weighted by atomic mass is 10.2. The predicted octanol–water partition coefficient (Wildman–Crippen LogP) is 3.61. The highest BCUT2D eigenvalue weighted by atomic mass is 19.1. The van der Waals surface area contributed by atoms with Crippen molar-refractivity contribution in [2.24, 2.45) is 7.05 Å². The first-order chi connectivity index (χ1) is 11.6. The number of hydrogen-bond acceptors (Lipinski definition) is 3.